The Morgan fingerprint density at radius 3 is 2.75 bits per heavy atom. The van der Waals surface area contributed by atoms with E-state index >= 15 is 0 Å². The first kappa shape index (κ1) is 19.8. The molecule has 0 aromatic heterocycles. The van der Waals surface area contributed by atoms with Crippen molar-refractivity contribution in [2.75, 3.05) is 23.9 Å². The maximum Gasteiger partial charge on any atom is 0.251 e. The average molecular weight is 401 g/mol. The topological polar surface area (TPSA) is 67.9 Å². The summed E-state index contributed by atoms with van der Waals surface area (Å²) in [4.78, 5) is 26.0. The van der Waals surface area contributed by atoms with Gasteiger partial charge in [0.1, 0.15) is 6.54 Å². The third-order valence-corrected chi connectivity index (χ3v) is 4.34. The van der Waals surface area contributed by atoms with Crippen LogP contribution in [0.5, 0.6) is 11.5 Å². The van der Waals surface area contributed by atoms with Gasteiger partial charge in [-0.3, -0.25) is 14.5 Å². The molecule has 1 N–H and O–H groups in total. The molecule has 0 atom stereocenters. The van der Waals surface area contributed by atoms with Gasteiger partial charge in [-0.2, -0.15) is 0 Å². The molecule has 7 heteroatoms. The van der Waals surface area contributed by atoms with Gasteiger partial charge in [-0.05, 0) is 49.8 Å². The van der Waals surface area contributed by atoms with E-state index in [-0.39, 0.29) is 24.5 Å². The van der Waals surface area contributed by atoms with Gasteiger partial charge in [0.15, 0.2) is 11.5 Å². The Hall–Kier alpha value is -2.99. The number of rotatable bonds is 5. The van der Waals surface area contributed by atoms with Crippen molar-refractivity contribution in [2.45, 2.75) is 20.0 Å². The predicted octanol–water partition coefficient (Wildman–Crippen LogP) is 4.13. The number of nitrogens with one attached hydrogen (secondary N) is 1. The number of anilines is 2. The van der Waals surface area contributed by atoms with Crippen LogP contribution >= 0.6 is 11.6 Å². The highest BCUT2D eigenvalue weighted by atomic mass is 35.5. The lowest BCUT2D eigenvalue weighted by Crippen LogP contribution is -2.41. The van der Waals surface area contributed by atoms with E-state index in [1.54, 1.807) is 36.4 Å². The van der Waals surface area contributed by atoms with Gasteiger partial charge in [0.2, 0.25) is 5.91 Å². The molecule has 146 valence electrons. The van der Waals surface area contributed by atoms with Crippen molar-refractivity contribution in [3.63, 3.8) is 0 Å². The average Bonchev–Trinajstić information content (AvgIpc) is 2.66. The van der Waals surface area contributed by atoms with E-state index in [4.69, 9.17) is 21.1 Å². The molecule has 1 aliphatic rings. The monoisotopic (exact) mass is 400 g/mol. The summed E-state index contributed by atoms with van der Waals surface area (Å²) >= 11 is 6.32. The maximum atomic E-state index is 12.7. The molecule has 0 unspecified atom stereocenters. The van der Waals surface area contributed by atoms with Crippen LogP contribution in [0.2, 0.25) is 5.02 Å². The van der Waals surface area contributed by atoms with Crippen LogP contribution in [0.15, 0.2) is 42.5 Å². The maximum absolute atomic E-state index is 12.7. The van der Waals surface area contributed by atoms with Crippen LogP contribution < -0.4 is 19.7 Å². The van der Waals surface area contributed by atoms with Gasteiger partial charge >= 0.3 is 0 Å². The molecular weight excluding hydrogens is 380 g/mol. The Morgan fingerprint density at radius 2 is 2.04 bits per heavy atom. The van der Waals surface area contributed by atoms with Crippen LogP contribution in [0.3, 0.4) is 0 Å². The molecule has 2 aromatic rings. The SMILES string of the molecule is COc1cc(/C=C/C(=O)N2CC(=O)Nc3ccccc32)cc(Cl)c1OC(C)C. The summed E-state index contributed by atoms with van der Waals surface area (Å²) in [5, 5.41) is 3.15. The lowest BCUT2D eigenvalue weighted by Gasteiger charge is -2.28. The number of carbonyl (C=O) groups is 2. The fraction of sp³-hybridized carbons (Fsp3) is 0.238. The highest BCUT2D eigenvalue weighted by Gasteiger charge is 2.25. The quantitative estimate of drug-likeness (QED) is 0.766. The number of carbonyl (C=O) groups excluding carboxylic acids is 2. The van der Waals surface area contributed by atoms with Crippen molar-refractivity contribution in [1.29, 1.82) is 0 Å². The molecule has 0 saturated heterocycles. The standard InChI is InChI=1S/C21H21ClN2O4/c1-13(2)28-21-15(22)10-14(11-18(21)27-3)8-9-20(26)24-12-19(25)23-16-6-4-5-7-17(16)24/h4-11,13H,12H2,1-3H3,(H,23,25)/b9-8+. The molecule has 28 heavy (non-hydrogen) atoms. The summed E-state index contributed by atoms with van der Waals surface area (Å²) in [7, 11) is 1.53. The molecule has 2 amide bonds. The Bertz CT molecular complexity index is 940. The summed E-state index contributed by atoms with van der Waals surface area (Å²) in [6.45, 7) is 3.76. The first-order chi connectivity index (χ1) is 13.4. The zero-order valence-electron chi connectivity index (χ0n) is 15.9. The number of hydrogen-bond acceptors (Lipinski definition) is 4. The Balaban J connectivity index is 1.85. The van der Waals surface area contributed by atoms with E-state index in [1.165, 1.54) is 18.1 Å². The molecule has 1 aliphatic heterocycles. The van der Waals surface area contributed by atoms with Crippen LogP contribution in [-0.4, -0.2) is 31.6 Å². The first-order valence-electron chi connectivity index (χ1n) is 8.81. The molecule has 0 fully saturated rings. The number of ether oxygens (including phenoxy) is 2. The summed E-state index contributed by atoms with van der Waals surface area (Å²) in [6.07, 6.45) is 2.98. The number of fused-ring (bicyclic) bond motifs is 1. The van der Waals surface area contributed by atoms with E-state index in [1.807, 2.05) is 19.9 Å². The predicted molar refractivity (Wildman–Crippen MR) is 110 cm³/mol. The van der Waals surface area contributed by atoms with Gasteiger partial charge in [-0.1, -0.05) is 23.7 Å². The van der Waals surface area contributed by atoms with Crippen molar-refractivity contribution in [3.05, 3.63) is 53.1 Å². The molecule has 0 radical (unpaired) electrons. The van der Waals surface area contributed by atoms with Crippen LogP contribution in [0.4, 0.5) is 11.4 Å². The molecule has 6 nitrogen and oxygen atoms in total. The van der Waals surface area contributed by atoms with Crippen molar-refractivity contribution < 1.29 is 19.1 Å². The van der Waals surface area contributed by atoms with Crippen LogP contribution in [0, 0.1) is 0 Å². The van der Waals surface area contributed by atoms with Gasteiger partial charge in [-0.25, -0.2) is 0 Å². The molecule has 1 heterocycles. The second-order valence-electron chi connectivity index (χ2n) is 6.52. The zero-order chi connectivity index (χ0) is 20.3. The first-order valence-corrected chi connectivity index (χ1v) is 9.19. The number of halogens is 1. The largest absolute Gasteiger partial charge is 0.493 e. The molecule has 3 rings (SSSR count). The number of methoxy groups -OCH3 is 1. The Kier molecular flexibility index (Phi) is 5.90. The van der Waals surface area contributed by atoms with Crippen LogP contribution in [-0.2, 0) is 9.59 Å². The lowest BCUT2D eigenvalue weighted by molar-refractivity contribution is -0.119. The highest BCUT2D eigenvalue weighted by Crippen LogP contribution is 2.37. The summed E-state index contributed by atoms with van der Waals surface area (Å²) in [5.41, 5.74) is 1.95. The smallest absolute Gasteiger partial charge is 0.251 e. The van der Waals surface area contributed by atoms with Crippen molar-refractivity contribution >= 4 is 40.9 Å². The number of para-hydroxylation sites is 2. The van der Waals surface area contributed by atoms with Gasteiger partial charge in [0.05, 0.1) is 29.6 Å². The number of nitrogens with zero attached hydrogens (tertiary/aromatic N) is 1. The van der Waals surface area contributed by atoms with E-state index < -0.39 is 0 Å². The van der Waals surface area contributed by atoms with Gasteiger partial charge in [-0.15, -0.1) is 0 Å². The number of amides is 2. The summed E-state index contributed by atoms with van der Waals surface area (Å²) < 4.78 is 11.1. The lowest BCUT2D eigenvalue weighted by atomic mass is 10.1. The molecular formula is C21H21ClN2O4. The van der Waals surface area contributed by atoms with Crippen LogP contribution in [0.25, 0.3) is 6.08 Å². The number of hydrogen-bond donors (Lipinski definition) is 1. The van der Waals surface area contributed by atoms with Gasteiger partial charge in [0, 0.05) is 6.08 Å². The summed E-state index contributed by atoms with van der Waals surface area (Å²) in [5.74, 6) is 0.403. The molecule has 0 spiro atoms. The Morgan fingerprint density at radius 1 is 1.29 bits per heavy atom. The zero-order valence-corrected chi connectivity index (χ0v) is 16.6. The second-order valence-corrected chi connectivity index (χ2v) is 6.93. The Labute approximate surface area is 168 Å². The van der Waals surface area contributed by atoms with Crippen molar-refractivity contribution in [3.8, 4) is 11.5 Å². The fourth-order valence-electron chi connectivity index (χ4n) is 2.87. The van der Waals surface area contributed by atoms with E-state index in [0.29, 0.717) is 33.5 Å². The minimum Gasteiger partial charge on any atom is -0.493 e. The van der Waals surface area contributed by atoms with E-state index in [2.05, 4.69) is 5.32 Å². The van der Waals surface area contributed by atoms with E-state index in [0.717, 1.165) is 0 Å². The van der Waals surface area contributed by atoms with Gasteiger partial charge in [0.25, 0.3) is 5.91 Å². The molecule has 0 bridgehead atoms. The molecule has 0 saturated carbocycles. The third kappa shape index (κ3) is 4.28. The molecule has 2 aromatic carbocycles. The fourth-order valence-corrected chi connectivity index (χ4v) is 3.14. The minimum absolute atomic E-state index is 0.0363. The van der Waals surface area contributed by atoms with Crippen molar-refractivity contribution in [1.82, 2.24) is 0 Å². The van der Waals surface area contributed by atoms with Crippen LogP contribution in [0.1, 0.15) is 19.4 Å². The van der Waals surface area contributed by atoms with Crippen molar-refractivity contribution in [2.24, 2.45) is 0 Å². The highest BCUT2D eigenvalue weighted by molar-refractivity contribution is 6.32. The number of benzene rings is 2. The normalized spacial score (nSPS) is 13.5. The minimum atomic E-state index is -0.306. The van der Waals surface area contributed by atoms with E-state index in [9.17, 15) is 9.59 Å². The third-order valence-electron chi connectivity index (χ3n) is 4.06. The molecule has 0 aliphatic carbocycles. The second kappa shape index (κ2) is 8.35. The summed E-state index contributed by atoms with van der Waals surface area (Å²) in [6, 6.07) is 10.6. The van der Waals surface area contributed by atoms with Gasteiger partial charge < -0.3 is 14.8 Å².